The fourth-order valence-corrected chi connectivity index (χ4v) is 3.84. The van der Waals surface area contributed by atoms with E-state index in [9.17, 15) is 0 Å². The molecular weight excluding hydrogens is 312 g/mol. The highest BCUT2D eigenvalue weighted by atomic mass is 79.9. The third-order valence-electron chi connectivity index (χ3n) is 4.39. The van der Waals surface area contributed by atoms with Gasteiger partial charge in [-0.15, -0.1) is 0 Å². The maximum absolute atomic E-state index is 4.13. The largest absolute Gasteiger partial charge is 0.378 e. The number of fused-ring (bicyclic) bond motifs is 3. The molecular formula is C17H15BrN2. The molecule has 0 spiro atoms. The Morgan fingerprint density at radius 1 is 1.15 bits per heavy atom. The molecule has 1 aliphatic heterocycles. The zero-order valence-corrected chi connectivity index (χ0v) is 12.5. The van der Waals surface area contributed by atoms with Crippen LogP contribution in [0.4, 0.5) is 5.69 Å². The van der Waals surface area contributed by atoms with E-state index in [1.54, 1.807) is 0 Å². The Hall–Kier alpha value is -1.61. The van der Waals surface area contributed by atoms with Crippen molar-refractivity contribution in [1.29, 1.82) is 0 Å². The van der Waals surface area contributed by atoms with Crippen LogP contribution < -0.4 is 5.32 Å². The molecule has 3 atom stereocenters. The van der Waals surface area contributed by atoms with E-state index in [0.29, 0.717) is 17.9 Å². The summed E-state index contributed by atoms with van der Waals surface area (Å²) in [5.41, 5.74) is 3.98. The van der Waals surface area contributed by atoms with Crippen molar-refractivity contribution in [3.63, 3.8) is 0 Å². The van der Waals surface area contributed by atoms with E-state index < -0.39 is 0 Å². The van der Waals surface area contributed by atoms with Crippen LogP contribution in [-0.2, 0) is 0 Å². The average Bonchev–Trinajstić information content (AvgIpc) is 2.97. The number of benzene rings is 1. The van der Waals surface area contributed by atoms with Crippen molar-refractivity contribution in [2.75, 3.05) is 5.32 Å². The minimum absolute atomic E-state index is 0.367. The molecule has 2 heterocycles. The molecule has 2 nitrogen and oxygen atoms in total. The van der Waals surface area contributed by atoms with E-state index in [-0.39, 0.29) is 0 Å². The molecule has 0 saturated heterocycles. The van der Waals surface area contributed by atoms with Crippen LogP contribution in [0.1, 0.15) is 29.5 Å². The molecule has 1 N–H and O–H groups in total. The number of rotatable bonds is 1. The van der Waals surface area contributed by atoms with Crippen LogP contribution in [0.2, 0.25) is 0 Å². The van der Waals surface area contributed by atoms with Gasteiger partial charge in [0.15, 0.2) is 0 Å². The molecule has 3 heteroatoms. The number of halogens is 1. The highest BCUT2D eigenvalue weighted by Crippen LogP contribution is 2.50. The first-order valence-corrected chi connectivity index (χ1v) is 7.75. The molecule has 2 unspecified atom stereocenters. The quantitative estimate of drug-likeness (QED) is 0.770. The second-order valence-corrected chi connectivity index (χ2v) is 6.40. The summed E-state index contributed by atoms with van der Waals surface area (Å²) < 4.78 is 1.15. The van der Waals surface area contributed by atoms with E-state index in [0.717, 1.165) is 10.9 Å². The predicted molar refractivity (Wildman–Crippen MR) is 84.7 cm³/mol. The molecule has 0 saturated carbocycles. The Kier molecular flexibility index (Phi) is 2.88. The van der Waals surface area contributed by atoms with Gasteiger partial charge in [0.2, 0.25) is 0 Å². The lowest BCUT2D eigenvalue weighted by Gasteiger charge is -2.37. The smallest absolute Gasteiger partial charge is 0.0555 e. The standard InChI is InChI=1S/C17H15BrN2/c18-12-4-5-16-15(10-12)13-2-1-3-14(13)17(20-16)11-6-8-19-9-7-11/h1-2,4-10,13-14,17,20H,3H2/t13?,14?,17-/m1/s1. The highest BCUT2D eigenvalue weighted by molar-refractivity contribution is 9.10. The number of pyridine rings is 1. The summed E-state index contributed by atoms with van der Waals surface area (Å²) in [5.74, 6) is 1.11. The summed E-state index contributed by atoms with van der Waals surface area (Å²) in [5, 5.41) is 3.72. The van der Waals surface area contributed by atoms with Gasteiger partial charge in [0.05, 0.1) is 6.04 Å². The van der Waals surface area contributed by atoms with E-state index in [1.165, 1.54) is 16.8 Å². The minimum Gasteiger partial charge on any atom is -0.378 e. The van der Waals surface area contributed by atoms with Gasteiger partial charge in [-0.3, -0.25) is 4.98 Å². The SMILES string of the molecule is Brc1ccc2c(c1)C1C=CCC1[C@@H](c1ccncc1)N2. The van der Waals surface area contributed by atoms with Crippen LogP contribution in [0.3, 0.4) is 0 Å². The number of nitrogens with one attached hydrogen (secondary N) is 1. The molecule has 0 radical (unpaired) electrons. The summed E-state index contributed by atoms with van der Waals surface area (Å²) in [6, 6.07) is 11.1. The second-order valence-electron chi connectivity index (χ2n) is 5.49. The van der Waals surface area contributed by atoms with Gasteiger partial charge < -0.3 is 5.32 Å². The third kappa shape index (κ3) is 1.88. The minimum atomic E-state index is 0.367. The fourth-order valence-electron chi connectivity index (χ4n) is 3.47. The van der Waals surface area contributed by atoms with Gasteiger partial charge in [0.25, 0.3) is 0 Å². The van der Waals surface area contributed by atoms with Crippen molar-refractivity contribution in [3.05, 3.63) is 70.5 Å². The molecule has 1 aromatic carbocycles. The molecule has 20 heavy (non-hydrogen) atoms. The summed E-state index contributed by atoms with van der Waals surface area (Å²) in [7, 11) is 0. The summed E-state index contributed by atoms with van der Waals surface area (Å²) >= 11 is 3.59. The van der Waals surface area contributed by atoms with Gasteiger partial charge in [0, 0.05) is 28.5 Å². The van der Waals surface area contributed by atoms with Crippen molar-refractivity contribution in [3.8, 4) is 0 Å². The molecule has 100 valence electrons. The van der Waals surface area contributed by atoms with Crippen molar-refractivity contribution in [2.24, 2.45) is 5.92 Å². The van der Waals surface area contributed by atoms with Crippen molar-refractivity contribution in [2.45, 2.75) is 18.4 Å². The first-order valence-electron chi connectivity index (χ1n) is 6.95. The Balaban J connectivity index is 1.80. The highest BCUT2D eigenvalue weighted by Gasteiger charge is 2.37. The lowest BCUT2D eigenvalue weighted by molar-refractivity contribution is 0.425. The van der Waals surface area contributed by atoms with E-state index >= 15 is 0 Å². The topological polar surface area (TPSA) is 24.9 Å². The van der Waals surface area contributed by atoms with Crippen LogP contribution in [0.5, 0.6) is 0 Å². The van der Waals surface area contributed by atoms with E-state index in [2.05, 4.69) is 68.7 Å². The number of hydrogen-bond acceptors (Lipinski definition) is 2. The van der Waals surface area contributed by atoms with Crippen molar-refractivity contribution >= 4 is 21.6 Å². The van der Waals surface area contributed by atoms with Gasteiger partial charge in [-0.05, 0) is 53.8 Å². The fraction of sp³-hybridized carbons (Fsp3) is 0.235. The lowest BCUT2D eigenvalue weighted by atomic mass is 9.77. The molecule has 4 rings (SSSR count). The van der Waals surface area contributed by atoms with Crippen LogP contribution in [0.25, 0.3) is 0 Å². The molecule has 1 aromatic heterocycles. The molecule has 0 amide bonds. The van der Waals surface area contributed by atoms with Gasteiger partial charge in [-0.1, -0.05) is 28.1 Å². The Morgan fingerprint density at radius 2 is 2.00 bits per heavy atom. The van der Waals surface area contributed by atoms with Gasteiger partial charge >= 0.3 is 0 Å². The first kappa shape index (κ1) is 12.2. The predicted octanol–water partition coefficient (Wildman–Crippen LogP) is 4.67. The van der Waals surface area contributed by atoms with Crippen molar-refractivity contribution < 1.29 is 0 Å². The van der Waals surface area contributed by atoms with Crippen LogP contribution in [-0.4, -0.2) is 4.98 Å². The van der Waals surface area contributed by atoms with Crippen LogP contribution >= 0.6 is 15.9 Å². The molecule has 1 aliphatic carbocycles. The number of anilines is 1. The molecule has 2 aromatic rings. The number of allylic oxidation sites excluding steroid dienone is 2. The lowest BCUT2D eigenvalue weighted by Crippen LogP contribution is -2.29. The molecule has 0 bridgehead atoms. The summed E-state index contributed by atoms with van der Waals surface area (Å²) in [4.78, 5) is 4.13. The Bertz CT molecular complexity index is 666. The third-order valence-corrected chi connectivity index (χ3v) is 4.88. The second kappa shape index (κ2) is 4.74. The zero-order chi connectivity index (χ0) is 13.5. The monoisotopic (exact) mass is 326 g/mol. The number of aromatic nitrogens is 1. The first-order chi connectivity index (χ1) is 9.83. The maximum Gasteiger partial charge on any atom is 0.0555 e. The van der Waals surface area contributed by atoms with E-state index in [1.807, 2.05) is 12.4 Å². The molecule has 2 aliphatic rings. The summed E-state index contributed by atoms with van der Waals surface area (Å²) in [6.45, 7) is 0. The number of nitrogens with zero attached hydrogens (tertiary/aromatic N) is 1. The van der Waals surface area contributed by atoms with Gasteiger partial charge in [-0.25, -0.2) is 0 Å². The average molecular weight is 327 g/mol. The van der Waals surface area contributed by atoms with Crippen LogP contribution in [0, 0.1) is 5.92 Å². The van der Waals surface area contributed by atoms with Crippen molar-refractivity contribution in [1.82, 2.24) is 4.98 Å². The maximum atomic E-state index is 4.13. The van der Waals surface area contributed by atoms with Gasteiger partial charge in [0.1, 0.15) is 0 Å². The summed E-state index contributed by atoms with van der Waals surface area (Å²) in [6.07, 6.45) is 9.58. The van der Waals surface area contributed by atoms with Gasteiger partial charge in [-0.2, -0.15) is 0 Å². The number of hydrogen-bond donors (Lipinski definition) is 1. The Morgan fingerprint density at radius 3 is 2.85 bits per heavy atom. The molecule has 0 fully saturated rings. The Labute approximate surface area is 127 Å². The zero-order valence-electron chi connectivity index (χ0n) is 11.0. The van der Waals surface area contributed by atoms with E-state index in [4.69, 9.17) is 0 Å². The van der Waals surface area contributed by atoms with Crippen LogP contribution in [0.15, 0.2) is 59.4 Å². The normalized spacial score (nSPS) is 26.8.